The highest BCUT2D eigenvalue weighted by Gasteiger charge is 2.15. The molecule has 1 aromatic heterocycles. The average Bonchev–Trinajstić information content (AvgIpc) is 3.10. The molecule has 1 atom stereocenters. The Hall–Kier alpha value is -2.42. The summed E-state index contributed by atoms with van der Waals surface area (Å²) in [5, 5.41) is 10.3. The third-order valence-electron chi connectivity index (χ3n) is 3.24. The van der Waals surface area contributed by atoms with Crippen LogP contribution < -0.4 is 10.1 Å². The number of halogens is 1. The van der Waals surface area contributed by atoms with Crippen molar-refractivity contribution in [2.24, 2.45) is 0 Å². The van der Waals surface area contributed by atoms with E-state index >= 15 is 0 Å². The summed E-state index contributed by atoms with van der Waals surface area (Å²) in [4.78, 5) is 12.2. The van der Waals surface area contributed by atoms with Gasteiger partial charge in [-0.2, -0.15) is 0 Å². The normalized spacial score (nSPS) is 11.8. The van der Waals surface area contributed by atoms with Crippen LogP contribution >= 0.6 is 22.6 Å². The third kappa shape index (κ3) is 4.10. The van der Waals surface area contributed by atoms with Gasteiger partial charge in [-0.1, -0.05) is 6.07 Å². The minimum atomic E-state index is -0.628. The predicted molar refractivity (Wildman–Crippen MR) is 97.6 cm³/mol. The molecule has 122 valence electrons. The second kappa shape index (κ2) is 7.43. The van der Waals surface area contributed by atoms with Crippen molar-refractivity contribution in [1.82, 2.24) is 10.2 Å². The van der Waals surface area contributed by atoms with Crippen molar-refractivity contribution in [3.8, 4) is 17.2 Å². The Kier molecular flexibility index (Phi) is 5.09. The summed E-state index contributed by atoms with van der Waals surface area (Å²) >= 11 is 2.20. The van der Waals surface area contributed by atoms with E-state index < -0.39 is 6.10 Å². The Morgan fingerprint density at radius 3 is 2.71 bits per heavy atom. The van der Waals surface area contributed by atoms with Crippen LogP contribution in [0, 0.1) is 3.57 Å². The summed E-state index contributed by atoms with van der Waals surface area (Å²) < 4.78 is 11.8. The Bertz CT molecular complexity index is 819. The molecule has 2 aromatic carbocycles. The van der Waals surface area contributed by atoms with E-state index in [-0.39, 0.29) is 5.91 Å². The first kappa shape index (κ1) is 16.4. The first-order valence-electron chi connectivity index (χ1n) is 7.21. The Morgan fingerprint density at radius 2 is 2.04 bits per heavy atom. The number of hydrogen-bond acceptors (Lipinski definition) is 5. The lowest BCUT2D eigenvalue weighted by Gasteiger charge is -2.15. The molecule has 0 fully saturated rings. The van der Waals surface area contributed by atoms with Gasteiger partial charge < -0.3 is 14.5 Å². The maximum atomic E-state index is 12.2. The number of nitrogens with zero attached hydrogens (tertiary/aromatic N) is 2. The fourth-order valence-corrected chi connectivity index (χ4v) is 2.59. The van der Waals surface area contributed by atoms with Crippen molar-refractivity contribution in [2.75, 3.05) is 5.32 Å². The molecule has 1 unspecified atom stereocenters. The number of amides is 1. The summed E-state index contributed by atoms with van der Waals surface area (Å²) in [6.07, 6.45) is 0.647. The van der Waals surface area contributed by atoms with Gasteiger partial charge in [-0.3, -0.25) is 4.79 Å². The number of carbonyl (C=O) groups excluding carboxylic acids is 1. The molecule has 6 nitrogen and oxygen atoms in total. The van der Waals surface area contributed by atoms with Gasteiger partial charge in [-0.25, -0.2) is 0 Å². The molecule has 0 saturated carbocycles. The zero-order chi connectivity index (χ0) is 16.9. The summed E-state index contributed by atoms with van der Waals surface area (Å²) in [5.41, 5.74) is 1.53. The summed E-state index contributed by atoms with van der Waals surface area (Å²) in [6.45, 7) is 1.70. The van der Waals surface area contributed by atoms with Crippen LogP contribution in [-0.4, -0.2) is 22.2 Å². The van der Waals surface area contributed by atoms with Crippen LogP contribution in [-0.2, 0) is 4.79 Å². The van der Waals surface area contributed by atoms with Crippen LogP contribution in [0.5, 0.6) is 5.75 Å². The van der Waals surface area contributed by atoms with E-state index in [9.17, 15) is 4.79 Å². The van der Waals surface area contributed by atoms with Crippen LogP contribution in [0.25, 0.3) is 11.5 Å². The van der Waals surface area contributed by atoms with Crippen LogP contribution in [0.15, 0.2) is 59.3 Å². The number of nitrogens with one attached hydrogen (secondary N) is 1. The molecular weight excluding hydrogens is 421 g/mol. The lowest BCUT2D eigenvalue weighted by Crippen LogP contribution is -2.30. The minimum Gasteiger partial charge on any atom is -0.481 e. The predicted octanol–water partition coefficient (Wildman–Crippen LogP) is 3.75. The van der Waals surface area contributed by atoms with Crippen LogP contribution in [0.2, 0.25) is 0 Å². The highest BCUT2D eigenvalue weighted by Crippen LogP contribution is 2.21. The number of aromatic nitrogens is 2. The van der Waals surface area contributed by atoms with E-state index in [1.54, 1.807) is 31.2 Å². The number of rotatable bonds is 5. The lowest BCUT2D eigenvalue weighted by molar-refractivity contribution is -0.122. The summed E-state index contributed by atoms with van der Waals surface area (Å²) in [6, 6.07) is 14.7. The Labute approximate surface area is 152 Å². The molecule has 1 N–H and O–H groups in total. The smallest absolute Gasteiger partial charge is 0.265 e. The average molecular weight is 435 g/mol. The highest BCUT2D eigenvalue weighted by atomic mass is 127. The number of hydrogen-bond donors (Lipinski definition) is 1. The first-order chi connectivity index (χ1) is 11.6. The summed E-state index contributed by atoms with van der Waals surface area (Å²) in [7, 11) is 0. The molecule has 0 bridgehead atoms. The molecule has 0 radical (unpaired) electrons. The van der Waals surface area contributed by atoms with Crippen molar-refractivity contribution < 1.29 is 13.9 Å². The molecule has 0 aliphatic rings. The fraction of sp³-hybridized carbons (Fsp3) is 0.118. The number of carbonyl (C=O) groups is 1. The van der Waals surface area contributed by atoms with Gasteiger partial charge in [-0.05, 0) is 72.0 Å². The van der Waals surface area contributed by atoms with Gasteiger partial charge in [0.1, 0.15) is 5.75 Å². The molecule has 0 aliphatic carbocycles. The second-order valence-electron chi connectivity index (χ2n) is 5.03. The van der Waals surface area contributed by atoms with E-state index in [2.05, 4.69) is 38.1 Å². The molecule has 1 heterocycles. The number of ether oxygens (including phenoxy) is 1. The largest absolute Gasteiger partial charge is 0.481 e. The number of anilines is 1. The van der Waals surface area contributed by atoms with Gasteiger partial charge >= 0.3 is 0 Å². The minimum absolute atomic E-state index is 0.210. The molecule has 0 spiro atoms. The first-order valence-corrected chi connectivity index (χ1v) is 8.29. The molecule has 24 heavy (non-hydrogen) atoms. The standard InChI is InChI=1S/C17H14IN3O3/c1-11(16(22)20-14-4-2-3-13(18)9-14)24-15-7-5-12(6-8-15)17-21-19-10-23-17/h2-11H,1H3,(H,20,22). The number of benzene rings is 2. The van der Waals surface area contributed by atoms with Crippen molar-refractivity contribution in [1.29, 1.82) is 0 Å². The monoisotopic (exact) mass is 435 g/mol. The molecule has 1 amide bonds. The zero-order valence-corrected chi connectivity index (χ0v) is 14.9. The van der Waals surface area contributed by atoms with E-state index in [4.69, 9.17) is 9.15 Å². The van der Waals surface area contributed by atoms with Crippen molar-refractivity contribution in [3.05, 3.63) is 58.5 Å². The fourth-order valence-electron chi connectivity index (χ4n) is 2.04. The Balaban J connectivity index is 1.61. The van der Waals surface area contributed by atoms with Crippen molar-refractivity contribution in [2.45, 2.75) is 13.0 Å². The van der Waals surface area contributed by atoms with E-state index in [1.807, 2.05) is 24.3 Å². The van der Waals surface area contributed by atoms with E-state index in [0.29, 0.717) is 11.6 Å². The molecule has 3 rings (SSSR count). The Morgan fingerprint density at radius 1 is 1.25 bits per heavy atom. The van der Waals surface area contributed by atoms with Crippen molar-refractivity contribution in [3.63, 3.8) is 0 Å². The molecule has 0 aliphatic heterocycles. The van der Waals surface area contributed by atoms with Gasteiger partial charge in [0.2, 0.25) is 12.3 Å². The maximum Gasteiger partial charge on any atom is 0.265 e. The molecule has 3 aromatic rings. The van der Waals surface area contributed by atoms with Crippen LogP contribution in [0.4, 0.5) is 5.69 Å². The van der Waals surface area contributed by atoms with Gasteiger partial charge in [-0.15, -0.1) is 10.2 Å². The summed E-state index contributed by atoms with van der Waals surface area (Å²) in [5.74, 6) is 0.813. The van der Waals surface area contributed by atoms with Crippen molar-refractivity contribution >= 4 is 34.2 Å². The quantitative estimate of drug-likeness (QED) is 0.618. The highest BCUT2D eigenvalue weighted by molar-refractivity contribution is 14.1. The molecular formula is C17H14IN3O3. The zero-order valence-electron chi connectivity index (χ0n) is 12.8. The lowest BCUT2D eigenvalue weighted by atomic mass is 10.2. The topological polar surface area (TPSA) is 77.2 Å². The van der Waals surface area contributed by atoms with Gasteiger partial charge in [0.25, 0.3) is 5.91 Å². The third-order valence-corrected chi connectivity index (χ3v) is 3.91. The van der Waals surface area contributed by atoms with Gasteiger partial charge in [0, 0.05) is 14.8 Å². The van der Waals surface area contributed by atoms with Crippen LogP contribution in [0.1, 0.15) is 6.92 Å². The SMILES string of the molecule is CC(Oc1ccc(-c2nnco2)cc1)C(=O)Nc1cccc(I)c1. The van der Waals surface area contributed by atoms with Gasteiger partial charge in [0.05, 0.1) is 0 Å². The second-order valence-corrected chi connectivity index (χ2v) is 6.27. The maximum absolute atomic E-state index is 12.2. The molecule has 0 saturated heterocycles. The van der Waals surface area contributed by atoms with Crippen LogP contribution in [0.3, 0.4) is 0 Å². The van der Waals surface area contributed by atoms with E-state index in [0.717, 1.165) is 14.8 Å². The van der Waals surface area contributed by atoms with E-state index in [1.165, 1.54) is 6.39 Å². The van der Waals surface area contributed by atoms with Gasteiger partial charge in [0.15, 0.2) is 6.10 Å². The molecule has 7 heteroatoms.